The molecule has 0 saturated heterocycles. The number of carbonyl (C=O) groups is 1. The molecule has 0 aliphatic carbocycles. The summed E-state index contributed by atoms with van der Waals surface area (Å²) in [7, 11) is 1.72. The monoisotopic (exact) mass is 370 g/mol. The average molecular weight is 370 g/mol. The van der Waals surface area contributed by atoms with Gasteiger partial charge in [-0.15, -0.1) is 0 Å². The van der Waals surface area contributed by atoms with Gasteiger partial charge in [-0.25, -0.2) is 18.5 Å². The van der Waals surface area contributed by atoms with Gasteiger partial charge < -0.3 is 4.90 Å². The maximum Gasteiger partial charge on any atom is 0.323 e. The van der Waals surface area contributed by atoms with Gasteiger partial charge in [-0.05, 0) is 37.6 Å². The van der Waals surface area contributed by atoms with Crippen molar-refractivity contribution in [1.29, 1.82) is 0 Å². The Hall–Kier alpha value is -3.16. The number of rotatable bonds is 6. The van der Waals surface area contributed by atoms with E-state index in [2.05, 4.69) is 29.4 Å². The number of hydrogen-bond donors (Lipinski definition) is 1. The van der Waals surface area contributed by atoms with Gasteiger partial charge in [0.2, 0.25) is 0 Å². The van der Waals surface area contributed by atoms with Crippen molar-refractivity contribution in [3.63, 3.8) is 0 Å². The summed E-state index contributed by atoms with van der Waals surface area (Å²) in [5.41, 5.74) is 1.62. The first-order chi connectivity index (χ1) is 13.0. The fourth-order valence-electron chi connectivity index (χ4n) is 2.66. The Balaban J connectivity index is 1.64. The SMILES string of the molecule is CCC(C)n1nccc1NC(=O)N(C)Cc1cnn(-c2ccc(F)cc2)c1. The Kier molecular flexibility index (Phi) is 5.54. The molecular formula is C19H23FN6O. The van der Waals surface area contributed by atoms with E-state index in [4.69, 9.17) is 0 Å². The van der Waals surface area contributed by atoms with Crippen molar-refractivity contribution < 1.29 is 9.18 Å². The topological polar surface area (TPSA) is 68.0 Å². The third-order valence-corrected chi connectivity index (χ3v) is 4.41. The number of urea groups is 1. The fourth-order valence-corrected chi connectivity index (χ4v) is 2.66. The van der Waals surface area contributed by atoms with Crippen LogP contribution in [0.1, 0.15) is 31.9 Å². The van der Waals surface area contributed by atoms with Crippen LogP contribution in [0, 0.1) is 5.82 Å². The normalized spacial score (nSPS) is 12.0. The van der Waals surface area contributed by atoms with Crippen LogP contribution < -0.4 is 5.32 Å². The van der Waals surface area contributed by atoms with Crippen LogP contribution in [0.3, 0.4) is 0 Å². The van der Waals surface area contributed by atoms with Gasteiger partial charge in [0.25, 0.3) is 0 Å². The Bertz CT molecular complexity index is 901. The molecule has 1 unspecified atom stereocenters. The summed E-state index contributed by atoms with van der Waals surface area (Å²) >= 11 is 0. The van der Waals surface area contributed by atoms with Gasteiger partial charge in [0.15, 0.2) is 0 Å². The number of halogens is 1. The van der Waals surface area contributed by atoms with E-state index >= 15 is 0 Å². The molecule has 2 amide bonds. The Morgan fingerprint density at radius 2 is 2.00 bits per heavy atom. The molecule has 1 N–H and O–H groups in total. The van der Waals surface area contributed by atoms with Crippen LogP contribution in [0.2, 0.25) is 0 Å². The molecule has 0 aliphatic heterocycles. The second kappa shape index (κ2) is 8.03. The van der Waals surface area contributed by atoms with Crippen LogP contribution >= 0.6 is 0 Å². The van der Waals surface area contributed by atoms with Gasteiger partial charge >= 0.3 is 6.03 Å². The van der Waals surface area contributed by atoms with Crippen LogP contribution in [-0.4, -0.2) is 37.5 Å². The molecule has 27 heavy (non-hydrogen) atoms. The first kappa shape index (κ1) is 18.6. The highest BCUT2D eigenvalue weighted by Gasteiger charge is 2.15. The van der Waals surface area contributed by atoms with Crippen LogP contribution in [0.25, 0.3) is 5.69 Å². The average Bonchev–Trinajstić information content (AvgIpc) is 3.31. The van der Waals surface area contributed by atoms with Crippen molar-refractivity contribution in [2.45, 2.75) is 32.9 Å². The third kappa shape index (κ3) is 4.33. The number of nitrogens with zero attached hydrogens (tertiary/aromatic N) is 5. The molecule has 1 aromatic carbocycles. The number of hydrogen-bond acceptors (Lipinski definition) is 3. The molecule has 0 spiro atoms. The van der Waals surface area contributed by atoms with Crippen LogP contribution in [0.15, 0.2) is 48.9 Å². The molecule has 8 heteroatoms. The first-order valence-electron chi connectivity index (χ1n) is 8.83. The lowest BCUT2D eigenvalue weighted by atomic mass is 10.3. The fraction of sp³-hybridized carbons (Fsp3) is 0.316. The molecular weight excluding hydrogens is 347 g/mol. The molecule has 3 rings (SSSR count). The summed E-state index contributed by atoms with van der Waals surface area (Å²) in [5, 5.41) is 11.4. The second-order valence-corrected chi connectivity index (χ2v) is 6.47. The Morgan fingerprint density at radius 3 is 2.70 bits per heavy atom. The minimum absolute atomic E-state index is 0.203. The third-order valence-electron chi connectivity index (χ3n) is 4.41. The van der Waals surface area contributed by atoms with Crippen molar-refractivity contribution >= 4 is 11.8 Å². The van der Waals surface area contributed by atoms with Gasteiger partial charge in [0.1, 0.15) is 11.6 Å². The second-order valence-electron chi connectivity index (χ2n) is 6.47. The molecule has 0 saturated carbocycles. The van der Waals surface area contributed by atoms with E-state index in [0.29, 0.717) is 12.4 Å². The largest absolute Gasteiger partial charge is 0.323 e. The molecule has 2 aromatic heterocycles. The lowest BCUT2D eigenvalue weighted by molar-refractivity contribution is 0.220. The minimum atomic E-state index is -0.292. The summed E-state index contributed by atoms with van der Waals surface area (Å²) in [4.78, 5) is 14.1. The maximum atomic E-state index is 13.0. The van der Waals surface area contributed by atoms with Gasteiger partial charge in [-0.3, -0.25) is 5.32 Å². The predicted octanol–water partition coefficient (Wildman–Crippen LogP) is 3.84. The minimum Gasteiger partial charge on any atom is -0.323 e. The summed E-state index contributed by atoms with van der Waals surface area (Å²) in [5.74, 6) is 0.377. The van der Waals surface area contributed by atoms with E-state index in [1.54, 1.807) is 51.9 Å². The smallest absolute Gasteiger partial charge is 0.323 e. The zero-order valence-electron chi connectivity index (χ0n) is 15.6. The number of amides is 2. The summed E-state index contributed by atoms with van der Waals surface area (Å²) in [6.07, 6.45) is 6.11. The summed E-state index contributed by atoms with van der Waals surface area (Å²) in [6.45, 7) is 4.52. The molecule has 142 valence electrons. The zero-order valence-corrected chi connectivity index (χ0v) is 15.6. The molecule has 7 nitrogen and oxygen atoms in total. The maximum absolute atomic E-state index is 13.0. The highest BCUT2D eigenvalue weighted by Crippen LogP contribution is 2.17. The first-order valence-corrected chi connectivity index (χ1v) is 8.83. The van der Waals surface area contributed by atoms with Crippen molar-refractivity contribution in [2.24, 2.45) is 0 Å². The van der Waals surface area contributed by atoms with Gasteiger partial charge in [-0.1, -0.05) is 6.92 Å². The summed E-state index contributed by atoms with van der Waals surface area (Å²) < 4.78 is 16.5. The molecule has 3 aromatic rings. The zero-order chi connectivity index (χ0) is 19.4. The van der Waals surface area contributed by atoms with E-state index in [-0.39, 0.29) is 17.9 Å². The van der Waals surface area contributed by atoms with E-state index in [1.165, 1.54) is 12.1 Å². The number of benzene rings is 1. The van der Waals surface area contributed by atoms with Crippen LogP contribution in [0.5, 0.6) is 0 Å². The molecule has 1 atom stereocenters. The van der Waals surface area contributed by atoms with Crippen molar-refractivity contribution in [3.05, 3.63) is 60.3 Å². The Labute approximate surface area is 157 Å². The lowest BCUT2D eigenvalue weighted by Crippen LogP contribution is -2.31. The van der Waals surface area contributed by atoms with Gasteiger partial charge in [0.05, 0.1) is 30.7 Å². The van der Waals surface area contributed by atoms with E-state index in [9.17, 15) is 9.18 Å². The Morgan fingerprint density at radius 1 is 1.26 bits per heavy atom. The quantitative estimate of drug-likeness (QED) is 0.717. The van der Waals surface area contributed by atoms with Crippen LogP contribution in [-0.2, 0) is 6.54 Å². The molecule has 0 aliphatic rings. The predicted molar refractivity (Wildman–Crippen MR) is 101 cm³/mol. The van der Waals surface area contributed by atoms with Gasteiger partial charge in [0, 0.05) is 24.9 Å². The highest BCUT2D eigenvalue weighted by atomic mass is 19.1. The van der Waals surface area contributed by atoms with Crippen molar-refractivity contribution in [1.82, 2.24) is 24.5 Å². The van der Waals surface area contributed by atoms with Crippen LogP contribution in [0.4, 0.5) is 15.0 Å². The van der Waals surface area contributed by atoms with Crippen molar-refractivity contribution in [2.75, 3.05) is 12.4 Å². The molecule has 2 heterocycles. The number of anilines is 1. The van der Waals surface area contributed by atoms with Gasteiger partial charge in [-0.2, -0.15) is 10.2 Å². The molecule has 0 fully saturated rings. The van der Waals surface area contributed by atoms with E-state index in [0.717, 1.165) is 17.7 Å². The molecule has 0 bridgehead atoms. The number of nitrogens with one attached hydrogen (secondary N) is 1. The summed E-state index contributed by atoms with van der Waals surface area (Å²) in [6, 6.07) is 7.83. The lowest BCUT2D eigenvalue weighted by Gasteiger charge is -2.19. The van der Waals surface area contributed by atoms with E-state index in [1.807, 2.05) is 6.20 Å². The number of aromatic nitrogens is 4. The number of carbonyl (C=O) groups excluding carboxylic acids is 1. The molecule has 0 radical (unpaired) electrons. The standard InChI is InChI=1S/C19H23FN6O/c1-4-14(2)26-18(9-10-21-26)23-19(27)24(3)12-15-11-22-25(13-15)17-7-5-16(20)6-8-17/h5-11,13-14H,4,12H2,1-3H3,(H,23,27). The highest BCUT2D eigenvalue weighted by molar-refractivity contribution is 5.88. The van der Waals surface area contributed by atoms with Crippen molar-refractivity contribution in [3.8, 4) is 5.69 Å². The van der Waals surface area contributed by atoms with E-state index < -0.39 is 0 Å².